The minimum Gasteiger partial charge on any atom is -0.455 e. The molecule has 0 bridgehead atoms. The van der Waals surface area contributed by atoms with E-state index in [-0.39, 0.29) is 12.2 Å². The van der Waals surface area contributed by atoms with Crippen LogP contribution in [0.15, 0.2) is 40.6 Å². The summed E-state index contributed by atoms with van der Waals surface area (Å²) < 4.78 is 11.1. The van der Waals surface area contributed by atoms with Crippen molar-refractivity contribution < 1.29 is 9.53 Å². The molecule has 182 valence electrons. The van der Waals surface area contributed by atoms with Crippen molar-refractivity contribution in [3.05, 3.63) is 68.6 Å². The van der Waals surface area contributed by atoms with E-state index in [0.717, 1.165) is 23.1 Å². The number of carbonyl (C=O) groups excluding carboxylic acids is 1. The molecular formula is C23H26N8O4. The van der Waals surface area contributed by atoms with E-state index < -0.39 is 22.7 Å². The first-order valence-corrected chi connectivity index (χ1v) is 11.5. The van der Waals surface area contributed by atoms with E-state index >= 15 is 0 Å². The number of imidazole rings is 1. The van der Waals surface area contributed by atoms with Crippen LogP contribution in [0.4, 0.5) is 0 Å². The fraction of sp³-hybridized carbons (Fsp3) is 0.435. The van der Waals surface area contributed by atoms with Crippen LogP contribution in [0.1, 0.15) is 68.2 Å². The highest BCUT2D eigenvalue weighted by Crippen LogP contribution is 2.40. The number of carbonyl (C=O) groups is 1. The summed E-state index contributed by atoms with van der Waals surface area (Å²) >= 11 is 0. The van der Waals surface area contributed by atoms with Crippen LogP contribution in [0.2, 0.25) is 0 Å². The molecule has 0 radical (unpaired) electrons. The van der Waals surface area contributed by atoms with Gasteiger partial charge in [-0.25, -0.2) is 19.1 Å². The normalized spacial score (nSPS) is 13.9. The van der Waals surface area contributed by atoms with E-state index in [9.17, 15) is 14.4 Å². The van der Waals surface area contributed by atoms with Gasteiger partial charge in [-0.15, -0.1) is 5.10 Å². The average molecular weight is 479 g/mol. The van der Waals surface area contributed by atoms with E-state index in [0.29, 0.717) is 29.5 Å². The van der Waals surface area contributed by atoms with Crippen LogP contribution < -0.4 is 11.1 Å². The van der Waals surface area contributed by atoms with E-state index in [1.165, 1.54) is 21.8 Å². The van der Waals surface area contributed by atoms with Gasteiger partial charge < -0.3 is 9.14 Å². The second-order valence-corrected chi connectivity index (χ2v) is 9.63. The minimum atomic E-state index is -0.686. The summed E-state index contributed by atoms with van der Waals surface area (Å²) in [5.41, 5.74) is 0.811. The summed E-state index contributed by atoms with van der Waals surface area (Å²) in [6.45, 7) is 7.66. The molecule has 4 heterocycles. The number of esters is 1. The number of aromatic nitrogens is 8. The molecule has 1 saturated carbocycles. The fourth-order valence-electron chi connectivity index (χ4n) is 3.84. The Morgan fingerprint density at radius 3 is 2.60 bits per heavy atom. The van der Waals surface area contributed by atoms with E-state index in [1.54, 1.807) is 27.7 Å². The van der Waals surface area contributed by atoms with Gasteiger partial charge in [0.15, 0.2) is 11.3 Å². The number of hydrogen-bond acceptors (Lipinski definition) is 8. The van der Waals surface area contributed by atoms with Crippen LogP contribution in [0.5, 0.6) is 0 Å². The van der Waals surface area contributed by atoms with Crippen LogP contribution >= 0.6 is 0 Å². The molecule has 0 aromatic carbocycles. The van der Waals surface area contributed by atoms with Crippen LogP contribution in [-0.2, 0) is 17.8 Å². The third kappa shape index (κ3) is 4.51. The molecule has 4 aromatic rings. The van der Waals surface area contributed by atoms with Gasteiger partial charge in [-0.05, 0) is 58.1 Å². The average Bonchev–Trinajstić information content (AvgIpc) is 3.40. The van der Waals surface area contributed by atoms with Crippen molar-refractivity contribution in [3.8, 4) is 5.69 Å². The number of rotatable bonds is 6. The third-order valence-electron chi connectivity index (χ3n) is 5.62. The molecule has 12 nitrogen and oxygen atoms in total. The van der Waals surface area contributed by atoms with Crippen molar-refractivity contribution >= 4 is 11.6 Å². The molecule has 0 spiro atoms. The Kier molecular flexibility index (Phi) is 5.37. The summed E-state index contributed by atoms with van der Waals surface area (Å²) in [7, 11) is 0. The lowest BCUT2D eigenvalue weighted by Gasteiger charge is -2.18. The summed E-state index contributed by atoms with van der Waals surface area (Å²) in [5.74, 6) is -0.140. The lowest BCUT2D eigenvalue weighted by Crippen LogP contribution is -2.41. The van der Waals surface area contributed by atoms with Gasteiger partial charge in [0.1, 0.15) is 11.9 Å². The van der Waals surface area contributed by atoms with Crippen molar-refractivity contribution in [1.29, 1.82) is 0 Å². The van der Waals surface area contributed by atoms with Crippen molar-refractivity contribution in [2.45, 2.75) is 65.1 Å². The maximum atomic E-state index is 12.8. The molecule has 0 aliphatic heterocycles. The maximum Gasteiger partial charge on any atom is 0.361 e. The van der Waals surface area contributed by atoms with Crippen molar-refractivity contribution in [2.24, 2.45) is 0 Å². The summed E-state index contributed by atoms with van der Waals surface area (Å²) in [5, 5.41) is 12.0. The highest BCUT2D eigenvalue weighted by molar-refractivity contribution is 5.87. The second kappa shape index (κ2) is 8.29. The number of pyridine rings is 1. The summed E-state index contributed by atoms with van der Waals surface area (Å²) in [6.07, 6.45) is 8.84. The summed E-state index contributed by atoms with van der Waals surface area (Å²) in [4.78, 5) is 42.2. The second-order valence-electron chi connectivity index (χ2n) is 9.63. The van der Waals surface area contributed by atoms with E-state index in [4.69, 9.17) is 9.72 Å². The molecule has 0 unspecified atom stereocenters. The Morgan fingerprint density at radius 1 is 1.14 bits per heavy atom. The highest BCUT2D eigenvalue weighted by atomic mass is 16.6. The first kappa shape index (κ1) is 22.7. The Labute approximate surface area is 199 Å². The molecular weight excluding hydrogens is 452 g/mol. The van der Waals surface area contributed by atoms with Crippen LogP contribution in [0.3, 0.4) is 0 Å². The number of fused-ring (bicyclic) bond motifs is 1. The molecule has 0 saturated heterocycles. The molecule has 0 amide bonds. The SMILES string of the molecule is CCn1ncn(-c2cc(C3CC3)cn3cc(Cn4cc(C(=O)OC(C)(C)C)nn4)nc23)c(=O)c1=O. The topological polar surface area (TPSA) is 131 Å². The lowest BCUT2D eigenvalue weighted by atomic mass is 10.2. The quantitative estimate of drug-likeness (QED) is 0.301. The van der Waals surface area contributed by atoms with Gasteiger partial charge in [0, 0.05) is 18.9 Å². The van der Waals surface area contributed by atoms with Gasteiger partial charge in [-0.2, -0.15) is 5.10 Å². The Morgan fingerprint density at radius 2 is 1.91 bits per heavy atom. The van der Waals surface area contributed by atoms with Crippen LogP contribution in [0, 0.1) is 0 Å². The predicted molar refractivity (Wildman–Crippen MR) is 125 cm³/mol. The third-order valence-corrected chi connectivity index (χ3v) is 5.62. The molecule has 12 heteroatoms. The van der Waals surface area contributed by atoms with Crippen LogP contribution in [-0.4, -0.2) is 50.3 Å². The molecule has 0 N–H and O–H groups in total. The van der Waals surface area contributed by atoms with Gasteiger partial charge >= 0.3 is 17.1 Å². The monoisotopic (exact) mass is 478 g/mol. The van der Waals surface area contributed by atoms with Gasteiger partial charge in [0.05, 0.1) is 24.1 Å². The van der Waals surface area contributed by atoms with Crippen molar-refractivity contribution in [2.75, 3.05) is 0 Å². The fourth-order valence-corrected chi connectivity index (χ4v) is 3.84. The standard InChI is InChI=1S/C23H26N8O4/c1-5-31-21(33)20(32)30(13-24-31)18-8-15(14-6-7-14)9-28-10-16(25-19(18)28)11-29-12-17(26-27-29)22(34)35-23(2,3)4/h8-10,12-14H,5-7,11H2,1-4H3. The number of ether oxygens (including phenoxy) is 1. The first-order chi connectivity index (χ1) is 16.6. The van der Waals surface area contributed by atoms with Gasteiger partial charge in [0.2, 0.25) is 0 Å². The smallest absolute Gasteiger partial charge is 0.361 e. The first-order valence-electron chi connectivity index (χ1n) is 11.5. The zero-order chi connectivity index (χ0) is 24.9. The van der Waals surface area contributed by atoms with Gasteiger partial charge in [0.25, 0.3) is 0 Å². The largest absolute Gasteiger partial charge is 0.455 e. The molecule has 0 atom stereocenters. The van der Waals surface area contributed by atoms with Gasteiger partial charge in [-0.1, -0.05) is 5.21 Å². The van der Waals surface area contributed by atoms with Crippen molar-refractivity contribution in [3.63, 3.8) is 0 Å². The highest BCUT2D eigenvalue weighted by Gasteiger charge is 2.26. The number of aryl methyl sites for hydroxylation is 1. The lowest BCUT2D eigenvalue weighted by molar-refractivity contribution is 0.00626. The molecule has 1 aliphatic carbocycles. The zero-order valence-electron chi connectivity index (χ0n) is 20.0. The molecule has 1 aliphatic rings. The zero-order valence-corrected chi connectivity index (χ0v) is 20.0. The summed E-state index contributed by atoms with van der Waals surface area (Å²) in [6, 6.07) is 1.90. The van der Waals surface area contributed by atoms with E-state index in [1.807, 2.05) is 22.9 Å². The molecule has 35 heavy (non-hydrogen) atoms. The molecule has 4 aromatic heterocycles. The maximum absolute atomic E-state index is 12.8. The van der Waals surface area contributed by atoms with Crippen molar-refractivity contribution in [1.82, 2.24) is 38.7 Å². The predicted octanol–water partition coefficient (Wildman–Crippen LogP) is 1.53. The minimum absolute atomic E-state index is 0.106. The van der Waals surface area contributed by atoms with Gasteiger partial charge in [-0.3, -0.25) is 14.2 Å². The van der Waals surface area contributed by atoms with Crippen LogP contribution in [0.25, 0.3) is 11.3 Å². The Balaban J connectivity index is 1.52. The molecule has 1 fully saturated rings. The molecule has 5 rings (SSSR count). The Bertz CT molecular complexity index is 1550. The van der Waals surface area contributed by atoms with E-state index in [2.05, 4.69) is 15.4 Å². The number of hydrogen-bond donors (Lipinski definition) is 0. The Hall–Kier alpha value is -4.09. The number of nitrogens with zero attached hydrogens (tertiary/aromatic N) is 8.